The fourth-order valence-corrected chi connectivity index (χ4v) is 2.54. The lowest BCUT2D eigenvalue weighted by Crippen LogP contribution is -2.28. The van der Waals surface area contributed by atoms with E-state index in [0.29, 0.717) is 23.0 Å². The number of hydrogen-bond acceptors (Lipinski definition) is 3. The van der Waals surface area contributed by atoms with Crippen LogP contribution in [-0.2, 0) is 0 Å². The molecule has 0 saturated heterocycles. The standard InChI is InChI=1S/C13H17N4O/c18-17-12-9-5-4-8-11(12)15-13(16-17)14-10-6-2-1-3-7-10/h4-5,8-10H,1-3,6-7H2,(H2,14,15,16,18)/q+1. The largest absolute Gasteiger partial charge is 0.349 e. The molecule has 0 aliphatic heterocycles. The van der Waals surface area contributed by atoms with Crippen molar-refractivity contribution in [2.75, 3.05) is 5.32 Å². The van der Waals surface area contributed by atoms with Crippen molar-refractivity contribution in [3.05, 3.63) is 29.2 Å². The van der Waals surface area contributed by atoms with Gasteiger partial charge in [-0.1, -0.05) is 36.5 Å². The summed E-state index contributed by atoms with van der Waals surface area (Å²) in [6, 6.07) is 7.77. The number of aromatic amines is 1. The lowest BCUT2D eigenvalue weighted by Gasteiger charge is -2.22. The molecule has 18 heavy (non-hydrogen) atoms. The molecule has 2 N–H and O–H groups in total. The highest BCUT2D eigenvalue weighted by molar-refractivity contribution is 5.70. The summed E-state index contributed by atoms with van der Waals surface area (Å²) in [6.07, 6.45) is 6.13. The molecule has 5 heteroatoms. The van der Waals surface area contributed by atoms with Crippen molar-refractivity contribution in [3.63, 3.8) is 0 Å². The first kappa shape index (κ1) is 11.2. The number of rotatable bonds is 2. The average molecular weight is 245 g/mol. The second-order valence-electron chi connectivity index (χ2n) is 4.83. The summed E-state index contributed by atoms with van der Waals surface area (Å²) in [5.74, 6) is 0.565. The van der Waals surface area contributed by atoms with Gasteiger partial charge in [0.05, 0.1) is 4.91 Å². The van der Waals surface area contributed by atoms with Gasteiger partial charge in [-0.2, -0.15) is 0 Å². The van der Waals surface area contributed by atoms with Gasteiger partial charge in [-0.3, -0.25) is 0 Å². The summed E-state index contributed by atoms with van der Waals surface area (Å²) in [5, 5.41) is 6.06. The average Bonchev–Trinajstić information content (AvgIpc) is 2.40. The van der Waals surface area contributed by atoms with Gasteiger partial charge in [-0.15, -0.1) is 0 Å². The number of para-hydroxylation sites is 2. The Bertz CT molecular complexity index is 601. The lowest BCUT2D eigenvalue weighted by molar-refractivity contribution is -0.535. The smallest absolute Gasteiger partial charge is 0.317 e. The minimum atomic E-state index is 0.434. The van der Waals surface area contributed by atoms with Crippen molar-refractivity contribution >= 4 is 17.0 Å². The van der Waals surface area contributed by atoms with Gasteiger partial charge in [0.15, 0.2) is 4.54 Å². The molecule has 0 unspecified atom stereocenters. The fraction of sp³-hybridized carbons (Fsp3) is 0.462. The molecular weight excluding hydrogens is 228 g/mol. The van der Waals surface area contributed by atoms with Crippen molar-refractivity contribution in [2.24, 2.45) is 0 Å². The summed E-state index contributed by atoms with van der Waals surface area (Å²) < 4.78 is 0.771. The maximum Gasteiger partial charge on any atom is 0.317 e. The Hall–Kier alpha value is -1.91. The molecule has 0 bridgehead atoms. The number of hydrogen-bond donors (Lipinski definition) is 2. The van der Waals surface area contributed by atoms with Gasteiger partial charge >= 0.3 is 5.52 Å². The number of benzene rings is 1. The second-order valence-corrected chi connectivity index (χ2v) is 4.83. The zero-order valence-electron chi connectivity index (χ0n) is 10.2. The number of H-pyrrole nitrogens is 1. The van der Waals surface area contributed by atoms with E-state index in [-0.39, 0.29) is 0 Å². The minimum Gasteiger partial charge on any atom is -0.349 e. The van der Waals surface area contributed by atoms with E-state index in [2.05, 4.69) is 15.4 Å². The van der Waals surface area contributed by atoms with E-state index < -0.39 is 0 Å². The maximum atomic E-state index is 11.8. The zero-order chi connectivity index (χ0) is 12.4. The van der Waals surface area contributed by atoms with Gasteiger partial charge in [0, 0.05) is 12.1 Å². The van der Waals surface area contributed by atoms with Crippen LogP contribution in [0.3, 0.4) is 0 Å². The van der Waals surface area contributed by atoms with Gasteiger partial charge in [0.1, 0.15) is 5.52 Å². The van der Waals surface area contributed by atoms with Crippen molar-refractivity contribution in [1.82, 2.24) is 10.1 Å². The number of nitrogens with one attached hydrogen (secondary N) is 2. The predicted octanol–water partition coefficient (Wildman–Crippen LogP) is 2.22. The molecule has 2 aromatic rings. The summed E-state index contributed by atoms with van der Waals surface area (Å²) in [7, 11) is 0. The molecule has 1 aliphatic carbocycles. The molecule has 5 nitrogen and oxygen atoms in total. The number of aromatic nitrogens is 3. The van der Waals surface area contributed by atoms with Gasteiger partial charge < -0.3 is 5.32 Å². The SMILES string of the molecule is O=[n+]1[nH]c(NC2CCCCC2)nc2ccccc21. The normalized spacial score (nSPS) is 16.9. The first-order valence-electron chi connectivity index (χ1n) is 6.51. The monoisotopic (exact) mass is 245 g/mol. The molecule has 0 atom stereocenters. The van der Waals surface area contributed by atoms with Crippen LogP contribution >= 0.6 is 0 Å². The Morgan fingerprint density at radius 1 is 1.22 bits per heavy atom. The summed E-state index contributed by atoms with van der Waals surface area (Å²) in [6.45, 7) is 0. The molecule has 1 saturated carbocycles. The predicted molar refractivity (Wildman–Crippen MR) is 70.0 cm³/mol. The van der Waals surface area contributed by atoms with E-state index in [1.165, 1.54) is 19.3 Å². The van der Waals surface area contributed by atoms with Gasteiger partial charge in [0.2, 0.25) is 0 Å². The molecule has 1 aromatic heterocycles. The first-order valence-corrected chi connectivity index (χ1v) is 6.51. The third kappa shape index (κ3) is 2.20. The first-order chi connectivity index (χ1) is 8.83. The van der Waals surface area contributed by atoms with Crippen LogP contribution in [0.2, 0.25) is 0 Å². The molecule has 1 fully saturated rings. The Balaban J connectivity index is 1.90. The van der Waals surface area contributed by atoms with Crippen LogP contribution in [-0.4, -0.2) is 16.1 Å². The van der Waals surface area contributed by atoms with Crippen LogP contribution in [0.5, 0.6) is 0 Å². The molecule has 94 valence electrons. The van der Waals surface area contributed by atoms with Crippen LogP contribution < -0.4 is 9.86 Å². The van der Waals surface area contributed by atoms with Crippen LogP contribution in [0.15, 0.2) is 24.3 Å². The Morgan fingerprint density at radius 3 is 2.83 bits per heavy atom. The van der Waals surface area contributed by atoms with Gasteiger partial charge in [-0.25, -0.2) is 4.98 Å². The van der Waals surface area contributed by atoms with E-state index in [1.807, 2.05) is 18.2 Å². The van der Waals surface area contributed by atoms with Crippen molar-refractivity contribution in [3.8, 4) is 0 Å². The highest BCUT2D eigenvalue weighted by Crippen LogP contribution is 2.20. The van der Waals surface area contributed by atoms with E-state index in [4.69, 9.17) is 0 Å². The highest BCUT2D eigenvalue weighted by Gasteiger charge is 2.16. The van der Waals surface area contributed by atoms with E-state index in [9.17, 15) is 4.91 Å². The topological polar surface area (TPSA) is 63.7 Å². The Morgan fingerprint density at radius 2 is 2.00 bits per heavy atom. The maximum absolute atomic E-state index is 11.8. The van der Waals surface area contributed by atoms with Crippen LogP contribution in [0, 0.1) is 4.91 Å². The summed E-state index contributed by atoms with van der Waals surface area (Å²) in [5.41, 5.74) is 1.27. The molecule has 0 amide bonds. The number of nitrogens with zero attached hydrogens (tertiary/aromatic N) is 2. The van der Waals surface area contributed by atoms with Crippen molar-refractivity contribution in [1.29, 1.82) is 0 Å². The third-order valence-electron chi connectivity index (χ3n) is 3.49. The quantitative estimate of drug-likeness (QED) is 0.797. The van der Waals surface area contributed by atoms with E-state index >= 15 is 0 Å². The Labute approximate surface area is 105 Å². The van der Waals surface area contributed by atoms with Crippen LogP contribution in [0.25, 0.3) is 11.0 Å². The number of anilines is 1. The van der Waals surface area contributed by atoms with Gasteiger partial charge in [0.25, 0.3) is 5.95 Å². The second kappa shape index (κ2) is 4.76. The third-order valence-corrected chi connectivity index (χ3v) is 3.49. The molecule has 3 rings (SSSR count). The number of fused-ring (bicyclic) bond motifs is 1. The Kier molecular flexibility index (Phi) is 2.96. The molecule has 1 aromatic carbocycles. The summed E-state index contributed by atoms with van der Waals surface area (Å²) >= 11 is 0. The molecule has 0 radical (unpaired) electrons. The zero-order valence-corrected chi connectivity index (χ0v) is 10.2. The molecule has 1 heterocycles. The molecule has 0 spiro atoms. The minimum absolute atomic E-state index is 0.434. The van der Waals surface area contributed by atoms with E-state index in [1.54, 1.807) is 6.07 Å². The van der Waals surface area contributed by atoms with Crippen molar-refractivity contribution < 1.29 is 4.54 Å². The lowest BCUT2D eigenvalue weighted by atomic mass is 9.96. The molecule has 1 aliphatic rings. The van der Waals surface area contributed by atoms with Crippen LogP contribution in [0.1, 0.15) is 32.1 Å². The fourth-order valence-electron chi connectivity index (χ4n) is 2.54. The van der Waals surface area contributed by atoms with E-state index in [0.717, 1.165) is 17.4 Å². The van der Waals surface area contributed by atoms with Crippen LogP contribution in [0.4, 0.5) is 5.95 Å². The van der Waals surface area contributed by atoms with Crippen molar-refractivity contribution in [2.45, 2.75) is 38.1 Å². The highest BCUT2D eigenvalue weighted by atomic mass is 16.3. The molecular formula is C13H17N4O+. The van der Waals surface area contributed by atoms with Gasteiger partial charge in [-0.05, 0) is 18.9 Å². The summed E-state index contributed by atoms with van der Waals surface area (Å²) in [4.78, 5) is 16.3.